The molecule has 2 aromatic carbocycles. The number of halogens is 1. The summed E-state index contributed by atoms with van der Waals surface area (Å²) in [6.07, 6.45) is 0. The minimum Gasteiger partial charge on any atom is -0.508 e. The molecule has 2 aromatic rings. The topological polar surface area (TPSA) is 55.5 Å². The highest BCUT2D eigenvalue weighted by atomic mass is 79.9. The molecule has 0 spiro atoms. The van der Waals surface area contributed by atoms with Gasteiger partial charge in [0.05, 0.1) is 4.47 Å². The SMILES string of the molecule is NCc1ccc(Oc2ccc(O)cc2Br)cc1. The summed E-state index contributed by atoms with van der Waals surface area (Å²) in [5, 5.41) is 9.27. The molecular weight excluding hydrogens is 282 g/mol. The fraction of sp³-hybridized carbons (Fsp3) is 0.0769. The van der Waals surface area contributed by atoms with E-state index in [0.29, 0.717) is 16.8 Å². The van der Waals surface area contributed by atoms with Crippen LogP contribution in [0.3, 0.4) is 0 Å². The monoisotopic (exact) mass is 293 g/mol. The van der Waals surface area contributed by atoms with Crippen LogP contribution in [0.25, 0.3) is 0 Å². The van der Waals surface area contributed by atoms with Crippen LogP contribution in [0.15, 0.2) is 46.9 Å². The number of hydrogen-bond acceptors (Lipinski definition) is 3. The molecular formula is C13H12BrNO2. The minimum atomic E-state index is 0.197. The van der Waals surface area contributed by atoms with Crippen LogP contribution in [-0.4, -0.2) is 5.11 Å². The molecule has 0 saturated heterocycles. The molecule has 3 nitrogen and oxygen atoms in total. The van der Waals surface area contributed by atoms with E-state index < -0.39 is 0 Å². The highest BCUT2D eigenvalue weighted by Crippen LogP contribution is 2.32. The summed E-state index contributed by atoms with van der Waals surface area (Å²) in [4.78, 5) is 0. The summed E-state index contributed by atoms with van der Waals surface area (Å²) in [7, 11) is 0. The van der Waals surface area contributed by atoms with Crippen molar-refractivity contribution in [3.8, 4) is 17.2 Å². The van der Waals surface area contributed by atoms with Crippen LogP contribution in [0.2, 0.25) is 0 Å². The first kappa shape index (κ1) is 12.0. The predicted octanol–water partition coefficient (Wildman–Crippen LogP) is 3.41. The van der Waals surface area contributed by atoms with Gasteiger partial charge in [0, 0.05) is 6.54 Å². The van der Waals surface area contributed by atoms with Gasteiger partial charge in [0.1, 0.15) is 17.2 Å². The van der Waals surface area contributed by atoms with Crippen molar-refractivity contribution in [3.63, 3.8) is 0 Å². The molecule has 0 fully saturated rings. The summed E-state index contributed by atoms with van der Waals surface area (Å²) in [5.74, 6) is 1.58. The Morgan fingerprint density at radius 1 is 1.12 bits per heavy atom. The number of benzene rings is 2. The van der Waals surface area contributed by atoms with Crippen molar-refractivity contribution >= 4 is 15.9 Å². The van der Waals surface area contributed by atoms with Crippen molar-refractivity contribution in [2.45, 2.75) is 6.54 Å². The molecule has 0 unspecified atom stereocenters. The van der Waals surface area contributed by atoms with E-state index in [1.165, 1.54) is 0 Å². The molecule has 3 N–H and O–H groups in total. The molecule has 0 aliphatic rings. The Hall–Kier alpha value is -1.52. The Morgan fingerprint density at radius 3 is 2.41 bits per heavy atom. The maximum atomic E-state index is 9.27. The van der Waals surface area contributed by atoms with Gasteiger partial charge in [-0.05, 0) is 51.8 Å². The first-order valence-electron chi connectivity index (χ1n) is 5.14. The van der Waals surface area contributed by atoms with Crippen molar-refractivity contribution in [1.29, 1.82) is 0 Å². The zero-order chi connectivity index (χ0) is 12.3. The van der Waals surface area contributed by atoms with E-state index in [1.54, 1.807) is 18.2 Å². The van der Waals surface area contributed by atoms with E-state index >= 15 is 0 Å². The zero-order valence-corrected chi connectivity index (χ0v) is 10.6. The highest BCUT2D eigenvalue weighted by molar-refractivity contribution is 9.10. The standard InChI is InChI=1S/C13H12BrNO2/c14-12-7-10(16)3-6-13(12)17-11-4-1-9(8-15)2-5-11/h1-7,16H,8,15H2. The van der Waals surface area contributed by atoms with Gasteiger partial charge in [0.25, 0.3) is 0 Å². The fourth-order valence-electron chi connectivity index (χ4n) is 1.39. The largest absolute Gasteiger partial charge is 0.508 e. The van der Waals surface area contributed by atoms with Gasteiger partial charge in [-0.3, -0.25) is 0 Å². The van der Waals surface area contributed by atoms with Gasteiger partial charge >= 0.3 is 0 Å². The second kappa shape index (κ2) is 5.21. The Morgan fingerprint density at radius 2 is 1.82 bits per heavy atom. The lowest BCUT2D eigenvalue weighted by Gasteiger charge is -2.08. The van der Waals surface area contributed by atoms with E-state index in [4.69, 9.17) is 10.5 Å². The first-order valence-corrected chi connectivity index (χ1v) is 5.94. The number of phenolic OH excluding ortho intramolecular Hbond substituents is 1. The normalized spacial score (nSPS) is 10.2. The second-order valence-corrected chi connectivity index (χ2v) is 4.42. The molecule has 0 aliphatic carbocycles. The average molecular weight is 294 g/mol. The molecule has 0 atom stereocenters. The summed E-state index contributed by atoms with van der Waals surface area (Å²) >= 11 is 3.33. The van der Waals surface area contributed by atoms with Gasteiger partial charge in [-0.25, -0.2) is 0 Å². The number of phenols is 1. The number of hydrogen-bond donors (Lipinski definition) is 2. The summed E-state index contributed by atoms with van der Waals surface area (Å²) in [6.45, 7) is 0.517. The quantitative estimate of drug-likeness (QED) is 0.912. The molecule has 0 aromatic heterocycles. The summed E-state index contributed by atoms with van der Waals surface area (Å²) < 4.78 is 6.37. The van der Waals surface area contributed by atoms with Gasteiger partial charge in [-0.1, -0.05) is 12.1 Å². The van der Waals surface area contributed by atoms with Crippen molar-refractivity contribution < 1.29 is 9.84 Å². The Labute approximate surface area is 108 Å². The Bertz CT molecular complexity index is 511. The van der Waals surface area contributed by atoms with Crippen molar-refractivity contribution in [2.75, 3.05) is 0 Å². The van der Waals surface area contributed by atoms with E-state index in [1.807, 2.05) is 24.3 Å². The number of ether oxygens (including phenoxy) is 1. The summed E-state index contributed by atoms with van der Waals surface area (Å²) in [6, 6.07) is 12.4. The molecule has 17 heavy (non-hydrogen) atoms. The smallest absolute Gasteiger partial charge is 0.141 e. The highest BCUT2D eigenvalue weighted by Gasteiger charge is 2.03. The molecule has 0 aliphatic heterocycles. The van der Waals surface area contributed by atoms with Crippen molar-refractivity contribution in [1.82, 2.24) is 0 Å². The molecule has 2 rings (SSSR count). The Kier molecular flexibility index (Phi) is 3.66. The van der Waals surface area contributed by atoms with Crippen LogP contribution in [0.1, 0.15) is 5.56 Å². The Balaban J connectivity index is 2.19. The summed E-state index contributed by atoms with van der Waals surface area (Å²) in [5.41, 5.74) is 6.57. The van der Waals surface area contributed by atoms with Crippen LogP contribution in [0.4, 0.5) is 0 Å². The molecule has 0 saturated carbocycles. The van der Waals surface area contributed by atoms with Gasteiger partial charge in [-0.2, -0.15) is 0 Å². The number of rotatable bonds is 3. The van der Waals surface area contributed by atoms with E-state index in [-0.39, 0.29) is 5.75 Å². The van der Waals surface area contributed by atoms with Gasteiger partial charge in [0.2, 0.25) is 0 Å². The van der Waals surface area contributed by atoms with E-state index in [2.05, 4.69) is 15.9 Å². The average Bonchev–Trinajstić information content (AvgIpc) is 2.34. The first-order chi connectivity index (χ1) is 8.19. The molecule has 0 bridgehead atoms. The van der Waals surface area contributed by atoms with E-state index in [0.717, 1.165) is 11.3 Å². The number of nitrogens with two attached hydrogens (primary N) is 1. The second-order valence-electron chi connectivity index (χ2n) is 3.56. The molecule has 88 valence electrons. The van der Waals surface area contributed by atoms with Crippen LogP contribution in [0, 0.1) is 0 Å². The third kappa shape index (κ3) is 2.99. The van der Waals surface area contributed by atoms with E-state index in [9.17, 15) is 5.11 Å². The van der Waals surface area contributed by atoms with Crippen LogP contribution in [-0.2, 0) is 6.54 Å². The molecule has 0 amide bonds. The van der Waals surface area contributed by atoms with Gasteiger partial charge in [0.15, 0.2) is 0 Å². The van der Waals surface area contributed by atoms with Crippen molar-refractivity contribution in [3.05, 3.63) is 52.5 Å². The maximum absolute atomic E-state index is 9.27. The van der Waals surface area contributed by atoms with Gasteiger partial charge < -0.3 is 15.6 Å². The lowest BCUT2D eigenvalue weighted by atomic mass is 10.2. The van der Waals surface area contributed by atoms with Gasteiger partial charge in [-0.15, -0.1) is 0 Å². The fourth-order valence-corrected chi connectivity index (χ4v) is 1.84. The predicted molar refractivity (Wildman–Crippen MR) is 70.2 cm³/mol. The third-order valence-electron chi connectivity index (χ3n) is 2.30. The van der Waals surface area contributed by atoms with Crippen LogP contribution >= 0.6 is 15.9 Å². The third-order valence-corrected chi connectivity index (χ3v) is 2.92. The van der Waals surface area contributed by atoms with Crippen molar-refractivity contribution in [2.24, 2.45) is 5.73 Å². The van der Waals surface area contributed by atoms with Crippen LogP contribution in [0.5, 0.6) is 17.2 Å². The minimum absolute atomic E-state index is 0.197. The van der Waals surface area contributed by atoms with Crippen LogP contribution < -0.4 is 10.5 Å². The lowest BCUT2D eigenvalue weighted by molar-refractivity contribution is 0.462. The lowest BCUT2D eigenvalue weighted by Crippen LogP contribution is -1.95. The zero-order valence-electron chi connectivity index (χ0n) is 9.06. The molecule has 0 radical (unpaired) electrons. The maximum Gasteiger partial charge on any atom is 0.141 e. The molecule has 0 heterocycles. The molecule has 4 heteroatoms. The number of aromatic hydroxyl groups is 1.